The third-order valence-electron chi connectivity index (χ3n) is 5.10. The number of nitrogens with zero attached hydrogens (tertiary/aromatic N) is 1. The van der Waals surface area contributed by atoms with E-state index in [0.717, 1.165) is 18.5 Å². The van der Waals surface area contributed by atoms with Gasteiger partial charge in [0.25, 0.3) is 0 Å². The summed E-state index contributed by atoms with van der Waals surface area (Å²) >= 11 is 0. The van der Waals surface area contributed by atoms with Crippen LogP contribution in [0.2, 0.25) is 0 Å². The van der Waals surface area contributed by atoms with Crippen molar-refractivity contribution in [1.82, 2.24) is 4.90 Å². The summed E-state index contributed by atoms with van der Waals surface area (Å²) in [4.78, 5) is 2.76. The first kappa shape index (κ1) is 13.9. The van der Waals surface area contributed by atoms with Crippen LogP contribution in [0.15, 0.2) is 24.3 Å². The summed E-state index contributed by atoms with van der Waals surface area (Å²) in [7, 11) is 0. The van der Waals surface area contributed by atoms with Gasteiger partial charge in [-0.3, -0.25) is 4.90 Å². The zero-order valence-electron chi connectivity index (χ0n) is 12.8. The molecule has 1 saturated heterocycles. The maximum Gasteiger partial charge on any atom is 0.0343 e. The number of hydrogen-bond donors (Lipinski definition) is 1. The summed E-state index contributed by atoms with van der Waals surface area (Å²) < 4.78 is 0. The summed E-state index contributed by atoms with van der Waals surface area (Å²) in [6.07, 6.45) is 8.72. The molecular weight excluding hydrogens is 244 g/mol. The summed E-state index contributed by atoms with van der Waals surface area (Å²) in [5.41, 5.74) is 2.60. The molecule has 1 aliphatic heterocycles. The first-order valence-corrected chi connectivity index (χ1v) is 8.37. The topological polar surface area (TPSA) is 15.3 Å². The molecule has 2 fully saturated rings. The Morgan fingerprint density at radius 3 is 2.90 bits per heavy atom. The van der Waals surface area contributed by atoms with Gasteiger partial charge in [0.15, 0.2) is 0 Å². The molecule has 0 radical (unpaired) electrons. The van der Waals surface area contributed by atoms with Gasteiger partial charge in [0.05, 0.1) is 0 Å². The van der Waals surface area contributed by atoms with Crippen LogP contribution in [0, 0.1) is 12.8 Å². The van der Waals surface area contributed by atoms with Crippen molar-refractivity contribution in [3.05, 3.63) is 29.8 Å². The van der Waals surface area contributed by atoms with Crippen molar-refractivity contribution in [3.63, 3.8) is 0 Å². The van der Waals surface area contributed by atoms with Gasteiger partial charge in [0.2, 0.25) is 0 Å². The molecule has 3 rings (SSSR count). The zero-order valence-corrected chi connectivity index (χ0v) is 12.8. The molecule has 1 N–H and O–H groups in total. The van der Waals surface area contributed by atoms with E-state index in [1.807, 2.05) is 0 Å². The number of likely N-dealkylation sites (tertiary alicyclic amines) is 1. The molecule has 1 aromatic carbocycles. The Balaban J connectivity index is 1.50. The molecule has 110 valence electrons. The second-order valence-electron chi connectivity index (χ2n) is 6.59. The molecule has 2 aliphatic rings. The summed E-state index contributed by atoms with van der Waals surface area (Å²) in [5.74, 6) is 0.997. The molecule has 0 aromatic heterocycles. The van der Waals surface area contributed by atoms with Crippen molar-refractivity contribution in [2.24, 2.45) is 5.92 Å². The monoisotopic (exact) mass is 272 g/mol. The molecule has 2 heteroatoms. The van der Waals surface area contributed by atoms with Crippen LogP contribution in [0.3, 0.4) is 0 Å². The SMILES string of the molecule is Cc1cccc(NCCN2CCCC3CCCCC32)c1. The lowest BCUT2D eigenvalue weighted by Crippen LogP contribution is -2.48. The fourth-order valence-corrected chi connectivity index (χ4v) is 4.10. The lowest BCUT2D eigenvalue weighted by molar-refractivity contribution is 0.0645. The van der Waals surface area contributed by atoms with E-state index in [1.165, 1.54) is 62.9 Å². The molecular formula is C18H28N2. The van der Waals surface area contributed by atoms with E-state index in [0.29, 0.717) is 0 Å². The number of benzene rings is 1. The highest BCUT2D eigenvalue weighted by molar-refractivity contribution is 5.45. The largest absolute Gasteiger partial charge is 0.384 e. The molecule has 0 bridgehead atoms. The third-order valence-corrected chi connectivity index (χ3v) is 5.10. The van der Waals surface area contributed by atoms with Gasteiger partial charge in [0, 0.05) is 24.8 Å². The highest BCUT2D eigenvalue weighted by Crippen LogP contribution is 2.34. The molecule has 0 spiro atoms. The fraction of sp³-hybridized carbons (Fsp3) is 0.667. The highest BCUT2D eigenvalue weighted by atomic mass is 15.2. The highest BCUT2D eigenvalue weighted by Gasteiger charge is 2.32. The number of anilines is 1. The smallest absolute Gasteiger partial charge is 0.0343 e. The molecule has 2 atom stereocenters. The van der Waals surface area contributed by atoms with Gasteiger partial charge in [-0.05, 0) is 62.8 Å². The molecule has 1 saturated carbocycles. The third kappa shape index (κ3) is 3.35. The second kappa shape index (κ2) is 6.62. The molecule has 1 aromatic rings. The van der Waals surface area contributed by atoms with Gasteiger partial charge in [-0.1, -0.05) is 25.0 Å². The van der Waals surface area contributed by atoms with Gasteiger partial charge >= 0.3 is 0 Å². The lowest BCUT2D eigenvalue weighted by Gasteiger charge is -2.44. The number of rotatable bonds is 4. The first-order chi connectivity index (χ1) is 9.83. The zero-order chi connectivity index (χ0) is 13.8. The molecule has 2 nitrogen and oxygen atoms in total. The number of fused-ring (bicyclic) bond motifs is 1. The van der Waals surface area contributed by atoms with Crippen LogP contribution in [0.25, 0.3) is 0 Å². The van der Waals surface area contributed by atoms with E-state index in [4.69, 9.17) is 0 Å². The number of aryl methyl sites for hydroxylation is 1. The summed E-state index contributed by atoms with van der Waals surface area (Å²) in [5, 5.41) is 3.59. The predicted octanol–water partition coefficient (Wildman–Crippen LogP) is 4.06. The van der Waals surface area contributed by atoms with E-state index < -0.39 is 0 Å². The Morgan fingerprint density at radius 1 is 1.15 bits per heavy atom. The van der Waals surface area contributed by atoms with Gasteiger partial charge in [0.1, 0.15) is 0 Å². The van der Waals surface area contributed by atoms with Crippen LogP contribution in [-0.2, 0) is 0 Å². The predicted molar refractivity (Wildman–Crippen MR) is 86.2 cm³/mol. The Hall–Kier alpha value is -1.02. The van der Waals surface area contributed by atoms with Crippen molar-refractivity contribution in [1.29, 1.82) is 0 Å². The van der Waals surface area contributed by atoms with Gasteiger partial charge in [-0.25, -0.2) is 0 Å². The standard InChI is InChI=1S/C18H28N2/c1-15-6-4-9-17(14-15)19-11-13-20-12-5-8-16-7-2-3-10-18(16)20/h4,6,9,14,16,18-19H,2-3,5,7-8,10-13H2,1H3. The van der Waals surface area contributed by atoms with E-state index >= 15 is 0 Å². The quantitative estimate of drug-likeness (QED) is 0.889. The number of nitrogens with one attached hydrogen (secondary N) is 1. The molecule has 2 unspecified atom stereocenters. The van der Waals surface area contributed by atoms with E-state index in [2.05, 4.69) is 41.4 Å². The van der Waals surface area contributed by atoms with Crippen molar-refractivity contribution < 1.29 is 0 Å². The average Bonchev–Trinajstić information content (AvgIpc) is 2.48. The normalized spacial score (nSPS) is 27.1. The molecule has 0 amide bonds. The van der Waals surface area contributed by atoms with Crippen LogP contribution in [0.5, 0.6) is 0 Å². The van der Waals surface area contributed by atoms with Gasteiger partial charge < -0.3 is 5.32 Å². The van der Waals surface area contributed by atoms with Crippen molar-refractivity contribution in [3.8, 4) is 0 Å². The molecule has 20 heavy (non-hydrogen) atoms. The second-order valence-corrected chi connectivity index (χ2v) is 6.59. The van der Waals surface area contributed by atoms with Crippen LogP contribution in [0.4, 0.5) is 5.69 Å². The van der Waals surface area contributed by atoms with Crippen molar-refractivity contribution in [2.45, 2.75) is 51.5 Å². The van der Waals surface area contributed by atoms with Crippen molar-refractivity contribution >= 4 is 5.69 Å². The van der Waals surface area contributed by atoms with Gasteiger partial charge in [-0.15, -0.1) is 0 Å². The first-order valence-electron chi connectivity index (χ1n) is 8.37. The maximum atomic E-state index is 3.59. The minimum atomic E-state index is 0.886. The summed E-state index contributed by atoms with van der Waals surface area (Å²) in [6.45, 7) is 5.75. The Bertz CT molecular complexity index is 427. The summed E-state index contributed by atoms with van der Waals surface area (Å²) in [6, 6.07) is 9.58. The lowest BCUT2D eigenvalue weighted by atomic mass is 9.78. The van der Waals surface area contributed by atoms with E-state index in [-0.39, 0.29) is 0 Å². The van der Waals surface area contributed by atoms with Crippen LogP contribution >= 0.6 is 0 Å². The Kier molecular flexibility index (Phi) is 4.62. The van der Waals surface area contributed by atoms with E-state index in [9.17, 15) is 0 Å². The van der Waals surface area contributed by atoms with Crippen LogP contribution < -0.4 is 5.32 Å². The number of piperidine rings is 1. The molecule has 1 aliphatic carbocycles. The molecule has 1 heterocycles. The Labute approximate surface area is 123 Å². The minimum Gasteiger partial charge on any atom is -0.384 e. The number of hydrogen-bond acceptors (Lipinski definition) is 2. The fourth-order valence-electron chi connectivity index (χ4n) is 4.10. The van der Waals surface area contributed by atoms with E-state index in [1.54, 1.807) is 0 Å². The average molecular weight is 272 g/mol. The maximum absolute atomic E-state index is 3.59. The Morgan fingerprint density at radius 2 is 2.00 bits per heavy atom. The van der Waals surface area contributed by atoms with Gasteiger partial charge in [-0.2, -0.15) is 0 Å². The minimum absolute atomic E-state index is 0.886. The van der Waals surface area contributed by atoms with Crippen molar-refractivity contribution in [2.75, 3.05) is 25.0 Å². The van der Waals surface area contributed by atoms with Crippen LogP contribution in [-0.4, -0.2) is 30.6 Å². The van der Waals surface area contributed by atoms with Crippen LogP contribution in [0.1, 0.15) is 44.1 Å².